The van der Waals surface area contributed by atoms with Gasteiger partial charge in [-0.25, -0.2) is 19.9 Å². The maximum absolute atomic E-state index is 11.3. The van der Waals surface area contributed by atoms with E-state index in [9.17, 15) is 4.79 Å². The van der Waals surface area contributed by atoms with Crippen LogP contribution in [0.25, 0.3) is 0 Å². The first-order valence-electron chi connectivity index (χ1n) is 5.47. The molecule has 1 aliphatic carbocycles. The molecule has 0 aliphatic heterocycles. The normalized spacial score (nSPS) is 15.0. The van der Waals surface area contributed by atoms with E-state index in [0.717, 1.165) is 18.7 Å². The number of nitrogens with one attached hydrogen (secondary N) is 1. The van der Waals surface area contributed by atoms with Crippen LogP contribution in [0.3, 0.4) is 0 Å². The number of rotatable bonds is 3. The van der Waals surface area contributed by atoms with Gasteiger partial charge in [0.15, 0.2) is 5.16 Å². The molecule has 2 aromatic heterocycles. The predicted octanol–water partition coefficient (Wildman–Crippen LogP) is 1.58. The van der Waals surface area contributed by atoms with Gasteiger partial charge >= 0.3 is 5.69 Å². The Morgan fingerprint density at radius 3 is 2.89 bits per heavy atom. The van der Waals surface area contributed by atoms with E-state index in [1.807, 2.05) is 0 Å². The van der Waals surface area contributed by atoms with Crippen LogP contribution in [-0.2, 0) is 7.05 Å². The molecule has 1 aliphatic rings. The maximum Gasteiger partial charge on any atom is 0.343 e. The van der Waals surface area contributed by atoms with E-state index in [2.05, 4.69) is 20.2 Å². The van der Waals surface area contributed by atoms with Gasteiger partial charge in [0.1, 0.15) is 16.0 Å². The van der Waals surface area contributed by atoms with Crippen molar-refractivity contribution in [3.05, 3.63) is 27.5 Å². The minimum atomic E-state index is -0.250. The van der Waals surface area contributed by atoms with E-state index in [4.69, 9.17) is 11.6 Å². The second kappa shape index (κ2) is 4.40. The Morgan fingerprint density at radius 2 is 2.28 bits per heavy atom. The summed E-state index contributed by atoms with van der Waals surface area (Å²) in [5, 5.41) is 7.98. The zero-order chi connectivity index (χ0) is 12.7. The fourth-order valence-corrected chi connectivity index (χ4v) is 2.57. The number of hydrogen-bond donors (Lipinski definition) is 1. The van der Waals surface area contributed by atoms with E-state index < -0.39 is 0 Å². The fourth-order valence-electron chi connectivity index (χ4n) is 1.51. The largest absolute Gasteiger partial charge is 0.343 e. The van der Waals surface area contributed by atoms with Crippen LogP contribution in [0.2, 0.25) is 5.15 Å². The lowest BCUT2D eigenvalue weighted by Gasteiger charge is -2.03. The van der Waals surface area contributed by atoms with Crippen molar-refractivity contribution in [2.24, 2.45) is 7.05 Å². The maximum atomic E-state index is 11.3. The van der Waals surface area contributed by atoms with Crippen molar-refractivity contribution >= 4 is 23.4 Å². The summed E-state index contributed by atoms with van der Waals surface area (Å²) in [5.74, 6) is 1.22. The number of hydrogen-bond acceptors (Lipinski definition) is 5. The Hall–Kier alpha value is -1.34. The van der Waals surface area contributed by atoms with Crippen LogP contribution in [0, 0.1) is 0 Å². The second-order valence-corrected chi connectivity index (χ2v) is 5.51. The quantitative estimate of drug-likeness (QED) is 0.866. The summed E-state index contributed by atoms with van der Waals surface area (Å²) in [4.78, 5) is 19.9. The van der Waals surface area contributed by atoms with Crippen molar-refractivity contribution in [3.63, 3.8) is 0 Å². The van der Waals surface area contributed by atoms with Gasteiger partial charge in [0.2, 0.25) is 0 Å². The molecule has 0 saturated heterocycles. The van der Waals surface area contributed by atoms with Crippen LogP contribution in [-0.4, -0.2) is 24.7 Å². The number of aromatic amines is 1. The van der Waals surface area contributed by atoms with Gasteiger partial charge in [-0.3, -0.25) is 4.57 Å². The van der Waals surface area contributed by atoms with E-state index in [1.54, 1.807) is 13.1 Å². The zero-order valence-corrected chi connectivity index (χ0v) is 11.1. The molecule has 0 unspecified atom stereocenters. The minimum absolute atomic E-state index is 0.250. The van der Waals surface area contributed by atoms with E-state index >= 15 is 0 Å². The highest BCUT2D eigenvalue weighted by Gasteiger charge is 2.27. The van der Waals surface area contributed by atoms with Gasteiger partial charge in [0.05, 0.1) is 0 Å². The third-order valence-electron chi connectivity index (χ3n) is 2.67. The van der Waals surface area contributed by atoms with Crippen LogP contribution in [0.5, 0.6) is 0 Å². The van der Waals surface area contributed by atoms with Crippen molar-refractivity contribution in [2.45, 2.75) is 28.9 Å². The number of halogens is 1. The molecule has 94 valence electrons. The molecular formula is C10H10ClN5OS. The topological polar surface area (TPSA) is 76.5 Å². The van der Waals surface area contributed by atoms with Crippen molar-refractivity contribution in [3.8, 4) is 0 Å². The summed E-state index contributed by atoms with van der Waals surface area (Å²) in [6.45, 7) is 0. The second-order valence-electron chi connectivity index (χ2n) is 4.13. The number of aromatic nitrogens is 5. The van der Waals surface area contributed by atoms with Gasteiger partial charge in [0.25, 0.3) is 0 Å². The molecule has 0 spiro atoms. The first-order valence-corrected chi connectivity index (χ1v) is 6.66. The van der Waals surface area contributed by atoms with Crippen LogP contribution >= 0.6 is 23.4 Å². The Balaban J connectivity index is 1.92. The molecule has 0 bridgehead atoms. The van der Waals surface area contributed by atoms with Crippen molar-refractivity contribution < 1.29 is 0 Å². The standard InChI is InChI=1S/C10H10ClN5OS/c1-16-9(17)14-15-10(16)18-7-4-6(11)12-8(13-7)5-2-3-5/h4-5H,2-3H2,1H3,(H,14,17). The highest BCUT2D eigenvalue weighted by molar-refractivity contribution is 7.99. The highest BCUT2D eigenvalue weighted by Crippen LogP contribution is 2.39. The Kier molecular flexibility index (Phi) is 2.87. The summed E-state index contributed by atoms with van der Waals surface area (Å²) < 4.78 is 1.43. The minimum Gasteiger partial charge on any atom is -0.273 e. The molecule has 1 fully saturated rings. The van der Waals surface area contributed by atoms with E-state index in [1.165, 1.54) is 16.3 Å². The first kappa shape index (κ1) is 11.7. The third-order valence-corrected chi connectivity index (χ3v) is 3.83. The molecular weight excluding hydrogens is 274 g/mol. The van der Waals surface area contributed by atoms with Gasteiger partial charge in [-0.1, -0.05) is 11.6 Å². The average molecular weight is 284 g/mol. The molecule has 3 rings (SSSR count). The Labute approximate surface area is 112 Å². The van der Waals surface area contributed by atoms with Gasteiger partial charge in [-0.2, -0.15) is 0 Å². The third kappa shape index (κ3) is 2.28. The molecule has 1 saturated carbocycles. The number of H-pyrrole nitrogens is 1. The van der Waals surface area contributed by atoms with Crippen LogP contribution in [0.15, 0.2) is 21.0 Å². The molecule has 2 aromatic rings. The molecule has 6 nitrogen and oxygen atoms in total. The Bertz CT molecular complexity index is 648. The summed E-state index contributed by atoms with van der Waals surface area (Å²) >= 11 is 7.27. The zero-order valence-electron chi connectivity index (χ0n) is 9.55. The SMILES string of the molecule is Cn1c(Sc2cc(Cl)nc(C3CC3)n2)n[nH]c1=O. The fraction of sp³-hybridized carbons (Fsp3) is 0.400. The van der Waals surface area contributed by atoms with Crippen LogP contribution < -0.4 is 5.69 Å². The predicted molar refractivity (Wildman–Crippen MR) is 67.0 cm³/mol. The van der Waals surface area contributed by atoms with Crippen molar-refractivity contribution in [2.75, 3.05) is 0 Å². The number of nitrogens with zero attached hydrogens (tertiary/aromatic N) is 4. The summed E-state index contributed by atoms with van der Waals surface area (Å²) in [6, 6.07) is 1.68. The lowest BCUT2D eigenvalue weighted by Crippen LogP contribution is -2.12. The highest BCUT2D eigenvalue weighted by atomic mass is 35.5. The van der Waals surface area contributed by atoms with E-state index in [0.29, 0.717) is 21.3 Å². The summed E-state index contributed by atoms with van der Waals surface area (Å²) in [6.07, 6.45) is 2.23. The molecule has 0 radical (unpaired) electrons. The van der Waals surface area contributed by atoms with Gasteiger partial charge in [-0.05, 0) is 24.6 Å². The Morgan fingerprint density at radius 1 is 1.50 bits per heavy atom. The van der Waals surface area contributed by atoms with Gasteiger partial charge < -0.3 is 0 Å². The van der Waals surface area contributed by atoms with Gasteiger partial charge in [-0.15, -0.1) is 5.10 Å². The summed E-state index contributed by atoms with van der Waals surface area (Å²) in [7, 11) is 1.65. The molecule has 0 atom stereocenters. The molecule has 0 aromatic carbocycles. The van der Waals surface area contributed by atoms with Crippen molar-refractivity contribution in [1.29, 1.82) is 0 Å². The lowest BCUT2D eigenvalue weighted by atomic mass is 10.4. The van der Waals surface area contributed by atoms with Crippen LogP contribution in [0.1, 0.15) is 24.6 Å². The van der Waals surface area contributed by atoms with E-state index in [-0.39, 0.29) is 5.69 Å². The monoisotopic (exact) mass is 283 g/mol. The molecule has 18 heavy (non-hydrogen) atoms. The van der Waals surface area contributed by atoms with Crippen molar-refractivity contribution in [1.82, 2.24) is 24.7 Å². The van der Waals surface area contributed by atoms with Gasteiger partial charge in [0, 0.05) is 19.0 Å². The average Bonchev–Trinajstić information content (AvgIpc) is 3.12. The molecule has 8 heteroatoms. The molecule has 1 N–H and O–H groups in total. The lowest BCUT2D eigenvalue weighted by molar-refractivity contribution is 0.763. The van der Waals surface area contributed by atoms with Crippen LogP contribution in [0.4, 0.5) is 0 Å². The first-order chi connectivity index (χ1) is 8.63. The summed E-state index contributed by atoms with van der Waals surface area (Å²) in [5.41, 5.74) is -0.250. The molecule has 0 amide bonds. The molecule has 2 heterocycles. The smallest absolute Gasteiger partial charge is 0.273 e.